The van der Waals surface area contributed by atoms with E-state index >= 15 is 0 Å². The molecule has 0 aliphatic carbocycles. The third-order valence-corrected chi connectivity index (χ3v) is 2.66. The van der Waals surface area contributed by atoms with Crippen molar-refractivity contribution in [2.24, 2.45) is 0 Å². The Labute approximate surface area is 100 Å². The Balaban J connectivity index is 2.53. The maximum atomic E-state index is 9.58. The van der Waals surface area contributed by atoms with E-state index in [1.54, 1.807) is 17.8 Å². The van der Waals surface area contributed by atoms with Crippen molar-refractivity contribution < 1.29 is 5.11 Å². The Kier molecular flexibility index (Phi) is 2.93. The molecule has 1 unspecified atom stereocenters. The summed E-state index contributed by atoms with van der Waals surface area (Å²) in [6.45, 7) is 7.46. The first kappa shape index (κ1) is 11.7. The molecular formula is C12H16N4O. The van der Waals surface area contributed by atoms with Gasteiger partial charge in [0.05, 0.1) is 18.0 Å². The van der Waals surface area contributed by atoms with Gasteiger partial charge in [-0.25, -0.2) is 14.6 Å². The average Bonchev–Trinajstić information content (AvgIpc) is 2.58. The van der Waals surface area contributed by atoms with Gasteiger partial charge in [0, 0.05) is 17.0 Å². The number of hydrogen-bond donors (Lipinski definition) is 1. The number of aryl methyl sites for hydroxylation is 2. The van der Waals surface area contributed by atoms with E-state index < -0.39 is 6.10 Å². The highest BCUT2D eigenvalue weighted by Crippen LogP contribution is 2.18. The second-order valence-corrected chi connectivity index (χ2v) is 4.22. The molecule has 0 spiro atoms. The molecule has 2 aromatic rings. The maximum absolute atomic E-state index is 9.58. The van der Waals surface area contributed by atoms with Gasteiger partial charge >= 0.3 is 0 Å². The SMILES string of the molecule is Cc1cc(C)nc(-n2ncc(C(C)O)c2C)n1. The van der Waals surface area contributed by atoms with Gasteiger partial charge in [-0.15, -0.1) is 0 Å². The summed E-state index contributed by atoms with van der Waals surface area (Å²) in [5.74, 6) is 0.548. The van der Waals surface area contributed by atoms with Crippen molar-refractivity contribution in [3.63, 3.8) is 0 Å². The third kappa shape index (κ3) is 2.19. The summed E-state index contributed by atoms with van der Waals surface area (Å²) in [6, 6.07) is 1.91. The first-order valence-electron chi connectivity index (χ1n) is 5.54. The molecule has 0 aliphatic heterocycles. The van der Waals surface area contributed by atoms with E-state index in [-0.39, 0.29) is 0 Å². The summed E-state index contributed by atoms with van der Waals surface area (Å²) in [5.41, 5.74) is 3.47. The van der Waals surface area contributed by atoms with Crippen LogP contribution in [0.15, 0.2) is 12.3 Å². The number of aliphatic hydroxyl groups excluding tert-OH is 1. The van der Waals surface area contributed by atoms with Crippen LogP contribution in [0.4, 0.5) is 0 Å². The van der Waals surface area contributed by atoms with Gasteiger partial charge in [0.2, 0.25) is 0 Å². The molecule has 17 heavy (non-hydrogen) atoms. The predicted molar refractivity (Wildman–Crippen MR) is 64.0 cm³/mol. The Bertz CT molecular complexity index is 525. The van der Waals surface area contributed by atoms with Crippen molar-refractivity contribution in [3.8, 4) is 5.95 Å². The van der Waals surface area contributed by atoms with Crippen LogP contribution in [0.1, 0.15) is 35.7 Å². The van der Waals surface area contributed by atoms with Gasteiger partial charge in [0.15, 0.2) is 0 Å². The number of aliphatic hydroxyl groups is 1. The van der Waals surface area contributed by atoms with E-state index in [2.05, 4.69) is 15.1 Å². The number of aromatic nitrogens is 4. The quantitative estimate of drug-likeness (QED) is 0.855. The molecule has 1 N–H and O–H groups in total. The largest absolute Gasteiger partial charge is 0.389 e. The first-order valence-corrected chi connectivity index (χ1v) is 5.54. The van der Waals surface area contributed by atoms with Crippen molar-refractivity contribution in [3.05, 3.63) is 34.9 Å². The lowest BCUT2D eigenvalue weighted by Gasteiger charge is -2.06. The van der Waals surface area contributed by atoms with Crippen LogP contribution in [0.2, 0.25) is 0 Å². The van der Waals surface area contributed by atoms with Crippen LogP contribution in [-0.4, -0.2) is 24.9 Å². The van der Waals surface area contributed by atoms with E-state index in [1.165, 1.54) is 0 Å². The fraction of sp³-hybridized carbons (Fsp3) is 0.417. The van der Waals surface area contributed by atoms with E-state index in [9.17, 15) is 5.11 Å². The lowest BCUT2D eigenvalue weighted by Crippen LogP contribution is -2.07. The molecule has 0 amide bonds. The topological polar surface area (TPSA) is 63.8 Å². The summed E-state index contributed by atoms with van der Waals surface area (Å²) in [6.07, 6.45) is 1.12. The molecular weight excluding hydrogens is 216 g/mol. The summed E-state index contributed by atoms with van der Waals surface area (Å²) < 4.78 is 1.65. The molecule has 1 atom stereocenters. The number of rotatable bonds is 2. The van der Waals surface area contributed by atoms with E-state index in [4.69, 9.17) is 0 Å². The van der Waals surface area contributed by atoms with Crippen LogP contribution in [0, 0.1) is 20.8 Å². The van der Waals surface area contributed by atoms with Crippen LogP contribution >= 0.6 is 0 Å². The zero-order valence-electron chi connectivity index (χ0n) is 10.5. The fourth-order valence-corrected chi connectivity index (χ4v) is 1.84. The lowest BCUT2D eigenvalue weighted by molar-refractivity contribution is 0.198. The Morgan fingerprint density at radius 2 is 1.76 bits per heavy atom. The molecule has 0 aliphatic rings. The number of hydrogen-bond acceptors (Lipinski definition) is 4. The Morgan fingerprint density at radius 3 is 2.24 bits per heavy atom. The minimum atomic E-state index is -0.533. The van der Waals surface area contributed by atoms with Crippen LogP contribution in [0.3, 0.4) is 0 Å². The number of nitrogens with zero attached hydrogens (tertiary/aromatic N) is 4. The second-order valence-electron chi connectivity index (χ2n) is 4.22. The molecule has 2 rings (SSSR count). The van der Waals surface area contributed by atoms with Crippen LogP contribution < -0.4 is 0 Å². The average molecular weight is 232 g/mol. The molecule has 0 bridgehead atoms. The van der Waals surface area contributed by atoms with Gasteiger partial charge in [0.25, 0.3) is 5.95 Å². The lowest BCUT2D eigenvalue weighted by atomic mass is 10.2. The molecule has 0 radical (unpaired) electrons. The van der Waals surface area contributed by atoms with Crippen LogP contribution in [0.5, 0.6) is 0 Å². The fourth-order valence-electron chi connectivity index (χ4n) is 1.84. The Hall–Kier alpha value is -1.75. The van der Waals surface area contributed by atoms with Gasteiger partial charge in [0.1, 0.15) is 0 Å². The minimum Gasteiger partial charge on any atom is -0.389 e. The highest BCUT2D eigenvalue weighted by molar-refractivity contribution is 5.26. The monoisotopic (exact) mass is 232 g/mol. The minimum absolute atomic E-state index is 0.533. The molecule has 0 saturated carbocycles. The van der Waals surface area contributed by atoms with Crippen LogP contribution in [-0.2, 0) is 0 Å². The van der Waals surface area contributed by atoms with E-state index in [1.807, 2.05) is 26.8 Å². The predicted octanol–water partition coefficient (Wildman–Crippen LogP) is 1.64. The summed E-state index contributed by atoms with van der Waals surface area (Å²) in [4.78, 5) is 8.69. The van der Waals surface area contributed by atoms with Crippen molar-refractivity contribution >= 4 is 0 Å². The molecule has 90 valence electrons. The smallest absolute Gasteiger partial charge is 0.251 e. The molecule has 2 heterocycles. The van der Waals surface area contributed by atoms with E-state index in [0.29, 0.717) is 5.95 Å². The molecule has 5 heteroatoms. The third-order valence-electron chi connectivity index (χ3n) is 2.66. The maximum Gasteiger partial charge on any atom is 0.251 e. The molecule has 0 fully saturated rings. The Morgan fingerprint density at radius 1 is 1.18 bits per heavy atom. The molecule has 0 saturated heterocycles. The zero-order chi connectivity index (χ0) is 12.6. The molecule has 2 aromatic heterocycles. The summed E-state index contributed by atoms with van der Waals surface area (Å²) in [5, 5.41) is 13.8. The van der Waals surface area contributed by atoms with Gasteiger partial charge in [-0.2, -0.15) is 5.10 Å². The van der Waals surface area contributed by atoms with Crippen LogP contribution in [0.25, 0.3) is 5.95 Å². The second kappa shape index (κ2) is 4.25. The van der Waals surface area contributed by atoms with Gasteiger partial charge in [-0.1, -0.05) is 0 Å². The molecule has 5 nitrogen and oxygen atoms in total. The van der Waals surface area contributed by atoms with Gasteiger partial charge < -0.3 is 5.11 Å². The van der Waals surface area contributed by atoms with Crippen molar-refractivity contribution in [2.75, 3.05) is 0 Å². The standard InChI is InChI=1S/C12H16N4O/c1-7-5-8(2)15-12(14-7)16-9(3)11(6-13-16)10(4)17/h5-6,10,17H,1-4H3. The normalized spacial score (nSPS) is 12.8. The highest BCUT2D eigenvalue weighted by atomic mass is 16.3. The van der Waals surface area contributed by atoms with Gasteiger partial charge in [-0.05, 0) is 33.8 Å². The molecule has 0 aromatic carbocycles. The van der Waals surface area contributed by atoms with Crippen molar-refractivity contribution in [2.45, 2.75) is 33.8 Å². The summed E-state index contributed by atoms with van der Waals surface area (Å²) in [7, 11) is 0. The highest BCUT2D eigenvalue weighted by Gasteiger charge is 2.13. The van der Waals surface area contributed by atoms with Crippen molar-refractivity contribution in [1.29, 1.82) is 0 Å². The van der Waals surface area contributed by atoms with Crippen molar-refractivity contribution in [1.82, 2.24) is 19.7 Å². The first-order chi connectivity index (χ1) is 7.99. The zero-order valence-corrected chi connectivity index (χ0v) is 10.5. The van der Waals surface area contributed by atoms with E-state index in [0.717, 1.165) is 22.6 Å². The van der Waals surface area contributed by atoms with Gasteiger partial charge in [-0.3, -0.25) is 0 Å². The summed E-state index contributed by atoms with van der Waals surface area (Å²) >= 11 is 0.